The lowest BCUT2D eigenvalue weighted by atomic mass is 10.1. The zero-order valence-corrected chi connectivity index (χ0v) is 20.8. The predicted molar refractivity (Wildman–Crippen MR) is 141 cm³/mol. The Labute approximate surface area is 203 Å². The number of para-hydroxylation sites is 2. The molecule has 0 bridgehead atoms. The van der Waals surface area contributed by atoms with Gasteiger partial charge in [0.2, 0.25) is 0 Å². The van der Waals surface area contributed by atoms with E-state index >= 15 is 0 Å². The smallest absolute Gasteiger partial charge is 0.251 e. The summed E-state index contributed by atoms with van der Waals surface area (Å²) in [5, 5.41) is 3.08. The van der Waals surface area contributed by atoms with Crippen LogP contribution in [0.5, 0.6) is 0 Å². The molecular formula is C30H35N3O. The topological polar surface area (TPSA) is 46.9 Å². The maximum Gasteiger partial charge on any atom is 0.251 e. The zero-order chi connectivity index (χ0) is 24.1. The predicted octanol–water partition coefficient (Wildman–Crippen LogP) is 6.46. The van der Waals surface area contributed by atoms with Gasteiger partial charge in [-0.2, -0.15) is 0 Å². The number of carbonyl (C=O) groups is 1. The van der Waals surface area contributed by atoms with Crippen LogP contribution in [0, 0.1) is 27.7 Å². The largest absolute Gasteiger partial charge is 0.352 e. The van der Waals surface area contributed by atoms with Crippen LogP contribution < -0.4 is 5.32 Å². The van der Waals surface area contributed by atoms with Crippen LogP contribution in [0.1, 0.15) is 63.3 Å². The monoisotopic (exact) mass is 453 g/mol. The first kappa shape index (κ1) is 23.7. The van der Waals surface area contributed by atoms with Gasteiger partial charge in [0.25, 0.3) is 5.91 Å². The molecule has 0 unspecified atom stereocenters. The standard InChI is InChI=1S/C30H35N3O/c1-21-14-16-26(24(4)18-21)30(34)31-17-9-5-6-12-29-32-27-10-7-8-11-28(27)33(29)20-25-19-22(2)13-15-23(25)3/h7-8,10-11,13-16,18-19H,5-6,9,12,17,20H2,1-4H3,(H,31,34). The van der Waals surface area contributed by atoms with Crippen molar-refractivity contribution < 1.29 is 4.79 Å². The normalized spacial score (nSPS) is 11.2. The molecule has 4 nitrogen and oxygen atoms in total. The third-order valence-corrected chi connectivity index (χ3v) is 6.56. The molecule has 0 atom stereocenters. The summed E-state index contributed by atoms with van der Waals surface area (Å²) in [6, 6.07) is 21.0. The minimum atomic E-state index is 0.0211. The number of hydrogen-bond acceptors (Lipinski definition) is 2. The minimum Gasteiger partial charge on any atom is -0.352 e. The number of nitrogens with one attached hydrogen (secondary N) is 1. The molecule has 0 saturated heterocycles. The van der Waals surface area contributed by atoms with Gasteiger partial charge in [0.1, 0.15) is 5.82 Å². The van der Waals surface area contributed by atoms with Crippen molar-refractivity contribution in [2.45, 2.75) is 59.9 Å². The number of rotatable bonds is 9. The number of nitrogens with zero attached hydrogens (tertiary/aromatic N) is 2. The van der Waals surface area contributed by atoms with Crippen molar-refractivity contribution in [3.05, 3.63) is 99.9 Å². The SMILES string of the molecule is Cc1ccc(C(=O)NCCCCCc2nc3ccccc3n2Cc2cc(C)ccc2C)c(C)c1. The Morgan fingerprint density at radius 1 is 0.853 bits per heavy atom. The summed E-state index contributed by atoms with van der Waals surface area (Å²) in [4.78, 5) is 17.4. The van der Waals surface area contributed by atoms with Crippen molar-refractivity contribution in [2.24, 2.45) is 0 Å². The quantitative estimate of drug-likeness (QED) is 0.296. The van der Waals surface area contributed by atoms with E-state index in [9.17, 15) is 4.79 Å². The lowest BCUT2D eigenvalue weighted by Crippen LogP contribution is -2.25. The average molecular weight is 454 g/mol. The third kappa shape index (κ3) is 5.56. The second-order valence-electron chi connectivity index (χ2n) is 9.42. The Bertz CT molecular complexity index is 1300. The lowest BCUT2D eigenvalue weighted by Gasteiger charge is -2.13. The molecule has 1 amide bonds. The Morgan fingerprint density at radius 3 is 2.44 bits per heavy atom. The van der Waals surface area contributed by atoms with Crippen LogP contribution in [0.25, 0.3) is 11.0 Å². The molecule has 3 aromatic carbocycles. The highest BCUT2D eigenvalue weighted by Crippen LogP contribution is 2.21. The number of aryl methyl sites for hydroxylation is 5. The number of hydrogen-bond donors (Lipinski definition) is 1. The Balaban J connectivity index is 1.35. The third-order valence-electron chi connectivity index (χ3n) is 6.56. The van der Waals surface area contributed by atoms with Gasteiger partial charge >= 0.3 is 0 Å². The summed E-state index contributed by atoms with van der Waals surface area (Å²) in [5.41, 5.74) is 9.17. The highest BCUT2D eigenvalue weighted by molar-refractivity contribution is 5.95. The molecule has 0 aliphatic carbocycles. The maximum atomic E-state index is 12.5. The molecular weight excluding hydrogens is 418 g/mol. The first-order chi connectivity index (χ1) is 16.4. The summed E-state index contributed by atoms with van der Waals surface area (Å²) in [6.07, 6.45) is 4.01. The van der Waals surface area contributed by atoms with Crippen molar-refractivity contribution in [1.82, 2.24) is 14.9 Å². The Kier molecular flexibility index (Phi) is 7.46. The van der Waals surface area contributed by atoms with E-state index in [1.807, 2.05) is 26.0 Å². The zero-order valence-electron chi connectivity index (χ0n) is 20.8. The van der Waals surface area contributed by atoms with E-state index in [-0.39, 0.29) is 5.91 Å². The molecule has 4 heteroatoms. The molecule has 4 aromatic rings. The molecule has 0 saturated carbocycles. The molecule has 0 aliphatic heterocycles. The second-order valence-corrected chi connectivity index (χ2v) is 9.42. The van der Waals surface area contributed by atoms with Gasteiger partial charge in [0, 0.05) is 25.1 Å². The van der Waals surface area contributed by atoms with E-state index in [4.69, 9.17) is 4.98 Å². The Morgan fingerprint density at radius 2 is 1.62 bits per heavy atom. The number of carbonyl (C=O) groups excluding carboxylic acids is 1. The fourth-order valence-corrected chi connectivity index (χ4v) is 4.58. The highest BCUT2D eigenvalue weighted by atomic mass is 16.1. The first-order valence-electron chi connectivity index (χ1n) is 12.3. The minimum absolute atomic E-state index is 0.0211. The van der Waals surface area contributed by atoms with Gasteiger partial charge in [0.15, 0.2) is 0 Å². The Hall–Kier alpha value is -3.40. The van der Waals surface area contributed by atoms with E-state index in [1.165, 1.54) is 27.8 Å². The van der Waals surface area contributed by atoms with Crippen LogP contribution in [0.2, 0.25) is 0 Å². The molecule has 0 aliphatic rings. The molecule has 1 N–H and O–H groups in total. The number of amides is 1. The van der Waals surface area contributed by atoms with Crippen molar-refractivity contribution in [3.8, 4) is 0 Å². The summed E-state index contributed by atoms with van der Waals surface area (Å²) in [6.45, 7) is 9.91. The van der Waals surface area contributed by atoms with Gasteiger partial charge in [0.05, 0.1) is 11.0 Å². The molecule has 1 aromatic heterocycles. The second kappa shape index (κ2) is 10.7. The van der Waals surface area contributed by atoms with Crippen LogP contribution in [-0.2, 0) is 13.0 Å². The molecule has 0 fully saturated rings. The number of unbranched alkanes of at least 4 members (excludes halogenated alkanes) is 2. The van der Waals surface area contributed by atoms with Gasteiger partial charge in [-0.3, -0.25) is 4.79 Å². The van der Waals surface area contributed by atoms with Crippen LogP contribution in [-0.4, -0.2) is 22.0 Å². The van der Waals surface area contributed by atoms with Crippen LogP contribution in [0.15, 0.2) is 60.7 Å². The van der Waals surface area contributed by atoms with Crippen molar-refractivity contribution in [1.29, 1.82) is 0 Å². The summed E-state index contributed by atoms with van der Waals surface area (Å²) in [5.74, 6) is 1.16. The van der Waals surface area contributed by atoms with Gasteiger partial charge in [-0.25, -0.2) is 4.98 Å². The lowest BCUT2D eigenvalue weighted by molar-refractivity contribution is 0.0952. The molecule has 0 spiro atoms. The fraction of sp³-hybridized carbons (Fsp3) is 0.333. The van der Waals surface area contributed by atoms with E-state index in [0.717, 1.165) is 54.7 Å². The molecule has 4 rings (SSSR count). The van der Waals surface area contributed by atoms with Crippen LogP contribution >= 0.6 is 0 Å². The van der Waals surface area contributed by atoms with Crippen molar-refractivity contribution in [2.75, 3.05) is 6.54 Å². The highest BCUT2D eigenvalue weighted by Gasteiger charge is 2.12. The first-order valence-corrected chi connectivity index (χ1v) is 12.3. The summed E-state index contributed by atoms with van der Waals surface area (Å²) >= 11 is 0. The van der Waals surface area contributed by atoms with Crippen molar-refractivity contribution in [3.63, 3.8) is 0 Å². The van der Waals surface area contributed by atoms with Gasteiger partial charge < -0.3 is 9.88 Å². The summed E-state index contributed by atoms with van der Waals surface area (Å²) in [7, 11) is 0. The van der Waals surface area contributed by atoms with E-state index in [2.05, 4.69) is 72.3 Å². The van der Waals surface area contributed by atoms with Gasteiger partial charge in [-0.05, 0) is 75.4 Å². The molecule has 1 heterocycles. The van der Waals surface area contributed by atoms with Crippen LogP contribution in [0.3, 0.4) is 0 Å². The molecule has 0 radical (unpaired) electrons. The van der Waals surface area contributed by atoms with E-state index in [1.54, 1.807) is 0 Å². The molecule has 176 valence electrons. The summed E-state index contributed by atoms with van der Waals surface area (Å²) < 4.78 is 2.37. The number of benzene rings is 3. The van der Waals surface area contributed by atoms with Gasteiger partial charge in [-0.15, -0.1) is 0 Å². The maximum absolute atomic E-state index is 12.5. The van der Waals surface area contributed by atoms with Crippen molar-refractivity contribution >= 4 is 16.9 Å². The molecule has 34 heavy (non-hydrogen) atoms. The van der Waals surface area contributed by atoms with Gasteiger partial charge in [-0.1, -0.05) is 60.0 Å². The average Bonchev–Trinajstić information content (AvgIpc) is 3.15. The fourth-order valence-electron chi connectivity index (χ4n) is 4.58. The number of aromatic nitrogens is 2. The number of fused-ring (bicyclic) bond motifs is 1. The van der Waals surface area contributed by atoms with E-state index in [0.29, 0.717) is 6.54 Å². The van der Waals surface area contributed by atoms with Crippen LogP contribution in [0.4, 0.5) is 0 Å². The van der Waals surface area contributed by atoms with E-state index < -0.39 is 0 Å². The number of imidazole rings is 1.